The first-order valence-corrected chi connectivity index (χ1v) is 5.68. The van der Waals surface area contributed by atoms with E-state index in [1.54, 1.807) is 6.07 Å². The van der Waals surface area contributed by atoms with Crippen molar-refractivity contribution in [1.29, 1.82) is 0 Å². The molecule has 0 aliphatic carbocycles. The van der Waals surface area contributed by atoms with E-state index in [2.05, 4.69) is 17.0 Å². The minimum atomic E-state index is -0.449. The van der Waals surface area contributed by atoms with Crippen LogP contribution in [0, 0.1) is 6.92 Å². The minimum absolute atomic E-state index is 0.0559. The van der Waals surface area contributed by atoms with E-state index in [1.165, 1.54) is 19.2 Å². The topological polar surface area (TPSA) is 60.2 Å². The third-order valence-electron chi connectivity index (χ3n) is 1.98. The molecule has 0 saturated heterocycles. The standard InChI is InChI=1S/C11H14FN3O.C2H6/c1-4-10(8(3)12)16-11-5-7(2)9(15-13)6-14-11;1-2/h4-6,15H,1,13H2,2-3H3;1-2H3/b10-8-;. The molecule has 1 rings (SSSR count). The van der Waals surface area contributed by atoms with Crippen LogP contribution in [0.3, 0.4) is 0 Å². The van der Waals surface area contributed by atoms with Crippen molar-refractivity contribution in [3.8, 4) is 5.88 Å². The Morgan fingerprint density at radius 2 is 2.17 bits per heavy atom. The van der Waals surface area contributed by atoms with Crippen molar-refractivity contribution >= 4 is 5.69 Å². The van der Waals surface area contributed by atoms with Crippen LogP contribution in [0.5, 0.6) is 5.88 Å². The number of hydrogen-bond acceptors (Lipinski definition) is 4. The van der Waals surface area contributed by atoms with Crippen LogP contribution in [0.4, 0.5) is 10.1 Å². The molecule has 5 heteroatoms. The van der Waals surface area contributed by atoms with Gasteiger partial charge in [0.2, 0.25) is 5.88 Å². The number of aryl methyl sites for hydroxylation is 1. The Bertz CT molecular complexity index is 426. The first-order chi connectivity index (χ1) is 8.58. The molecule has 0 fully saturated rings. The molecule has 1 heterocycles. The molecule has 1 aromatic heterocycles. The highest BCUT2D eigenvalue weighted by Crippen LogP contribution is 2.20. The van der Waals surface area contributed by atoms with Gasteiger partial charge in [0.15, 0.2) is 5.76 Å². The quantitative estimate of drug-likeness (QED) is 0.373. The molecule has 0 bridgehead atoms. The number of rotatable bonds is 4. The van der Waals surface area contributed by atoms with Gasteiger partial charge in [-0.2, -0.15) is 0 Å². The predicted octanol–water partition coefficient (Wildman–Crippen LogP) is 3.47. The summed E-state index contributed by atoms with van der Waals surface area (Å²) >= 11 is 0. The fraction of sp³-hybridized carbons (Fsp3) is 0.308. The van der Waals surface area contributed by atoms with Gasteiger partial charge in [-0.3, -0.25) is 5.84 Å². The van der Waals surface area contributed by atoms with Gasteiger partial charge in [0.1, 0.15) is 5.83 Å². The average Bonchev–Trinajstić information content (AvgIpc) is 2.38. The number of nitrogens with one attached hydrogen (secondary N) is 1. The minimum Gasteiger partial charge on any atom is -0.436 e. The molecule has 1 aromatic rings. The molecule has 0 amide bonds. The van der Waals surface area contributed by atoms with Gasteiger partial charge in [-0.05, 0) is 25.5 Å². The summed E-state index contributed by atoms with van der Waals surface area (Å²) in [4.78, 5) is 3.97. The van der Waals surface area contributed by atoms with Gasteiger partial charge in [0.05, 0.1) is 11.9 Å². The van der Waals surface area contributed by atoms with Crippen LogP contribution < -0.4 is 16.0 Å². The molecule has 0 saturated carbocycles. The lowest BCUT2D eigenvalue weighted by Crippen LogP contribution is -2.08. The lowest BCUT2D eigenvalue weighted by Gasteiger charge is -2.08. The van der Waals surface area contributed by atoms with Gasteiger partial charge in [-0.25, -0.2) is 9.37 Å². The van der Waals surface area contributed by atoms with Gasteiger partial charge in [-0.15, -0.1) is 0 Å². The van der Waals surface area contributed by atoms with Crippen molar-refractivity contribution in [1.82, 2.24) is 4.98 Å². The summed E-state index contributed by atoms with van der Waals surface area (Å²) in [5, 5.41) is 0. The van der Waals surface area contributed by atoms with Gasteiger partial charge >= 0.3 is 0 Å². The molecule has 3 N–H and O–H groups in total. The summed E-state index contributed by atoms with van der Waals surface area (Å²) in [5.74, 6) is 5.16. The molecule has 0 aliphatic heterocycles. The zero-order chi connectivity index (χ0) is 14.1. The number of nitrogens with two attached hydrogens (primary N) is 1. The molecule has 0 atom stereocenters. The number of nitrogens with zero attached hydrogens (tertiary/aromatic N) is 1. The van der Waals surface area contributed by atoms with E-state index in [-0.39, 0.29) is 5.76 Å². The smallest absolute Gasteiger partial charge is 0.219 e. The Morgan fingerprint density at radius 3 is 2.56 bits per heavy atom. The van der Waals surface area contributed by atoms with Gasteiger partial charge in [-0.1, -0.05) is 20.4 Å². The molecule has 0 aromatic carbocycles. The Hall–Kier alpha value is -1.88. The average molecular weight is 253 g/mol. The number of allylic oxidation sites excluding steroid dienone is 2. The SMILES string of the molecule is C=C/C(Oc1cc(C)c(NN)cn1)=C(\C)F.CC. The Balaban J connectivity index is 0.00000137. The van der Waals surface area contributed by atoms with E-state index < -0.39 is 5.83 Å². The van der Waals surface area contributed by atoms with Crippen molar-refractivity contribution in [2.75, 3.05) is 5.43 Å². The normalized spacial score (nSPS) is 10.8. The third kappa shape index (κ3) is 4.55. The molecule has 0 radical (unpaired) electrons. The van der Waals surface area contributed by atoms with Crippen LogP contribution in [0.1, 0.15) is 26.3 Å². The van der Waals surface area contributed by atoms with Gasteiger partial charge < -0.3 is 10.2 Å². The van der Waals surface area contributed by atoms with E-state index in [9.17, 15) is 4.39 Å². The maximum atomic E-state index is 12.9. The number of pyridine rings is 1. The molecule has 18 heavy (non-hydrogen) atoms. The van der Waals surface area contributed by atoms with Crippen LogP contribution in [-0.4, -0.2) is 4.98 Å². The summed E-state index contributed by atoms with van der Waals surface area (Å²) in [6.07, 6.45) is 2.81. The molecule has 4 nitrogen and oxygen atoms in total. The van der Waals surface area contributed by atoms with Crippen molar-refractivity contribution in [3.63, 3.8) is 0 Å². The Labute approximate surface area is 107 Å². The van der Waals surface area contributed by atoms with E-state index >= 15 is 0 Å². The van der Waals surface area contributed by atoms with Crippen molar-refractivity contribution < 1.29 is 9.13 Å². The summed E-state index contributed by atoms with van der Waals surface area (Å²) in [6.45, 7) is 10.6. The summed E-state index contributed by atoms with van der Waals surface area (Å²) in [5.41, 5.74) is 4.03. The largest absolute Gasteiger partial charge is 0.436 e. The lowest BCUT2D eigenvalue weighted by atomic mass is 10.2. The van der Waals surface area contributed by atoms with Crippen molar-refractivity contribution in [2.24, 2.45) is 5.84 Å². The maximum absolute atomic E-state index is 12.9. The number of hydrazine groups is 1. The number of hydrogen-bond donors (Lipinski definition) is 2. The van der Waals surface area contributed by atoms with E-state index in [4.69, 9.17) is 10.6 Å². The van der Waals surface area contributed by atoms with E-state index in [0.29, 0.717) is 11.6 Å². The number of halogens is 1. The van der Waals surface area contributed by atoms with Crippen LogP contribution in [0.2, 0.25) is 0 Å². The van der Waals surface area contributed by atoms with Crippen LogP contribution in [-0.2, 0) is 0 Å². The number of aromatic nitrogens is 1. The second-order valence-corrected chi connectivity index (χ2v) is 3.19. The Morgan fingerprint density at radius 1 is 1.56 bits per heavy atom. The summed E-state index contributed by atoms with van der Waals surface area (Å²) in [7, 11) is 0. The number of anilines is 1. The molecular weight excluding hydrogens is 233 g/mol. The molecular formula is C13H20FN3O. The summed E-state index contributed by atoms with van der Waals surface area (Å²) < 4.78 is 18.1. The fourth-order valence-corrected chi connectivity index (χ4v) is 1.10. The highest BCUT2D eigenvalue weighted by Gasteiger charge is 2.05. The lowest BCUT2D eigenvalue weighted by molar-refractivity contribution is 0.399. The zero-order valence-electron chi connectivity index (χ0n) is 11.2. The highest BCUT2D eigenvalue weighted by molar-refractivity contribution is 5.49. The first kappa shape index (κ1) is 16.1. The van der Waals surface area contributed by atoms with E-state index in [0.717, 1.165) is 5.56 Å². The second kappa shape index (κ2) is 8.25. The summed E-state index contributed by atoms with van der Waals surface area (Å²) in [6, 6.07) is 1.65. The van der Waals surface area contributed by atoms with Crippen LogP contribution >= 0.6 is 0 Å². The highest BCUT2D eigenvalue weighted by atomic mass is 19.1. The van der Waals surface area contributed by atoms with Crippen molar-refractivity contribution in [3.05, 3.63) is 42.1 Å². The molecule has 0 aliphatic rings. The molecule has 100 valence electrons. The number of nitrogen functional groups attached to an aromatic ring is 1. The van der Waals surface area contributed by atoms with Crippen LogP contribution in [0.25, 0.3) is 0 Å². The fourth-order valence-electron chi connectivity index (χ4n) is 1.10. The molecule has 0 unspecified atom stereocenters. The zero-order valence-corrected chi connectivity index (χ0v) is 11.2. The van der Waals surface area contributed by atoms with E-state index in [1.807, 2.05) is 20.8 Å². The maximum Gasteiger partial charge on any atom is 0.219 e. The van der Waals surface area contributed by atoms with Gasteiger partial charge in [0, 0.05) is 6.07 Å². The van der Waals surface area contributed by atoms with Gasteiger partial charge in [0.25, 0.3) is 0 Å². The van der Waals surface area contributed by atoms with Crippen LogP contribution in [0.15, 0.2) is 36.5 Å². The third-order valence-corrected chi connectivity index (χ3v) is 1.98. The monoisotopic (exact) mass is 253 g/mol. The Kier molecular flexibility index (Phi) is 7.38. The molecule has 0 spiro atoms. The van der Waals surface area contributed by atoms with Crippen molar-refractivity contribution in [2.45, 2.75) is 27.7 Å². The number of ether oxygens (including phenoxy) is 1. The first-order valence-electron chi connectivity index (χ1n) is 5.68. The second-order valence-electron chi connectivity index (χ2n) is 3.19. The predicted molar refractivity (Wildman–Crippen MR) is 72.8 cm³/mol.